The van der Waals surface area contributed by atoms with Crippen LogP contribution in [0.4, 0.5) is 16.2 Å². The first kappa shape index (κ1) is 14.2. The number of carbonyl (C=O) groups is 2. The summed E-state index contributed by atoms with van der Waals surface area (Å²) in [5.41, 5.74) is 5.57. The summed E-state index contributed by atoms with van der Waals surface area (Å²) in [5.74, 6) is -0.978. The van der Waals surface area contributed by atoms with E-state index in [1.807, 2.05) is 0 Å². The number of nitrogens with two attached hydrogens (primary N) is 1. The van der Waals surface area contributed by atoms with Crippen LogP contribution in [0.1, 0.15) is 26.2 Å². The summed E-state index contributed by atoms with van der Waals surface area (Å²) in [6, 6.07) is 6.48. The zero-order chi connectivity index (χ0) is 14.8. The number of hydrogen-bond donors (Lipinski definition) is 3. The number of likely N-dealkylation sites (tertiary alicyclic amines) is 1. The topological polar surface area (TPSA) is 95.7 Å². The van der Waals surface area contributed by atoms with Crippen LogP contribution in [0.2, 0.25) is 0 Å². The molecule has 1 aromatic rings. The SMILES string of the molecule is CC1(C(=O)O)CCCCN1C(=O)Nc1ccccc1N. The summed E-state index contributed by atoms with van der Waals surface area (Å²) < 4.78 is 0. The third kappa shape index (κ3) is 2.54. The van der Waals surface area contributed by atoms with Crippen LogP contribution in [-0.4, -0.2) is 34.1 Å². The second-order valence-electron chi connectivity index (χ2n) is 5.21. The Morgan fingerprint density at radius 1 is 1.35 bits per heavy atom. The Balaban J connectivity index is 2.19. The third-order valence-electron chi connectivity index (χ3n) is 3.80. The fraction of sp³-hybridized carbons (Fsp3) is 0.429. The second-order valence-corrected chi connectivity index (χ2v) is 5.21. The predicted molar refractivity (Wildman–Crippen MR) is 76.5 cm³/mol. The third-order valence-corrected chi connectivity index (χ3v) is 3.80. The van der Waals surface area contributed by atoms with Crippen molar-refractivity contribution in [2.75, 3.05) is 17.6 Å². The average molecular weight is 277 g/mol. The molecule has 0 bridgehead atoms. The number of para-hydroxylation sites is 2. The van der Waals surface area contributed by atoms with Gasteiger partial charge in [-0.05, 0) is 38.3 Å². The monoisotopic (exact) mass is 277 g/mol. The molecule has 0 saturated carbocycles. The molecule has 6 heteroatoms. The number of piperidine rings is 1. The van der Waals surface area contributed by atoms with Gasteiger partial charge in [0.05, 0.1) is 11.4 Å². The molecule has 0 radical (unpaired) electrons. The lowest BCUT2D eigenvalue weighted by Gasteiger charge is -2.41. The quantitative estimate of drug-likeness (QED) is 0.721. The lowest BCUT2D eigenvalue weighted by molar-refractivity contribution is -0.150. The number of carbonyl (C=O) groups excluding carboxylic acids is 1. The number of hydrogen-bond acceptors (Lipinski definition) is 3. The lowest BCUT2D eigenvalue weighted by atomic mass is 9.89. The molecule has 1 aliphatic heterocycles. The Morgan fingerprint density at radius 3 is 2.70 bits per heavy atom. The van der Waals surface area contributed by atoms with E-state index < -0.39 is 17.5 Å². The van der Waals surface area contributed by atoms with Crippen LogP contribution in [0.15, 0.2) is 24.3 Å². The largest absolute Gasteiger partial charge is 0.480 e. The second kappa shape index (κ2) is 5.40. The fourth-order valence-electron chi connectivity index (χ4n) is 2.46. The van der Waals surface area contributed by atoms with Gasteiger partial charge in [-0.15, -0.1) is 0 Å². The van der Waals surface area contributed by atoms with Crippen molar-refractivity contribution in [1.29, 1.82) is 0 Å². The minimum Gasteiger partial charge on any atom is -0.480 e. The number of urea groups is 1. The van der Waals surface area contributed by atoms with Gasteiger partial charge in [-0.3, -0.25) is 0 Å². The van der Waals surface area contributed by atoms with E-state index in [0.29, 0.717) is 24.3 Å². The highest BCUT2D eigenvalue weighted by Gasteiger charge is 2.44. The first-order chi connectivity index (χ1) is 9.45. The van der Waals surface area contributed by atoms with E-state index in [0.717, 1.165) is 12.8 Å². The minimum atomic E-state index is -1.16. The summed E-state index contributed by atoms with van der Waals surface area (Å²) in [4.78, 5) is 25.2. The Hall–Kier alpha value is -2.24. The van der Waals surface area contributed by atoms with Crippen LogP contribution < -0.4 is 11.1 Å². The van der Waals surface area contributed by atoms with Crippen LogP contribution in [0.25, 0.3) is 0 Å². The van der Waals surface area contributed by atoms with E-state index in [9.17, 15) is 14.7 Å². The molecule has 1 atom stereocenters. The van der Waals surface area contributed by atoms with Crippen LogP contribution in [0.5, 0.6) is 0 Å². The number of nitrogens with one attached hydrogen (secondary N) is 1. The Kier molecular flexibility index (Phi) is 3.83. The van der Waals surface area contributed by atoms with E-state index >= 15 is 0 Å². The van der Waals surface area contributed by atoms with Crippen molar-refractivity contribution >= 4 is 23.4 Å². The number of nitrogen functional groups attached to an aromatic ring is 1. The zero-order valence-corrected chi connectivity index (χ0v) is 11.4. The van der Waals surface area contributed by atoms with Crippen LogP contribution in [0.3, 0.4) is 0 Å². The summed E-state index contributed by atoms with van der Waals surface area (Å²) in [6.07, 6.45) is 2.07. The number of benzene rings is 1. The zero-order valence-electron chi connectivity index (χ0n) is 11.4. The lowest BCUT2D eigenvalue weighted by Crippen LogP contribution is -2.58. The molecular formula is C14H19N3O3. The van der Waals surface area contributed by atoms with E-state index in [1.165, 1.54) is 4.90 Å². The van der Waals surface area contributed by atoms with Crippen molar-refractivity contribution in [2.24, 2.45) is 0 Å². The van der Waals surface area contributed by atoms with Gasteiger partial charge in [-0.2, -0.15) is 0 Å². The van der Waals surface area contributed by atoms with Crippen molar-refractivity contribution in [3.8, 4) is 0 Å². The standard InChI is InChI=1S/C14H19N3O3/c1-14(12(18)19)8-4-5-9-17(14)13(20)16-11-7-3-2-6-10(11)15/h2-3,6-7H,4-5,8-9,15H2,1H3,(H,16,20)(H,18,19). The van der Waals surface area contributed by atoms with Crippen molar-refractivity contribution in [2.45, 2.75) is 31.7 Å². The van der Waals surface area contributed by atoms with Crippen molar-refractivity contribution in [1.82, 2.24) is 4.90 Å². The fourth-order valence-corrected chi connectivity index (χ4v) is 2.46. The summed E-state index contributed by atoms with van der Waals surface area (Å²) >= 11 is 0. The number of amides is 2. The number of carboxylic acid groups (broad SMARTS) is 1. The maximum Gasteiger partial charge on any atom is 0.329 e. The molecule has 1 fully saturated rings. The molecule has 0 aromatic heterocycles. The summed E-state index contributed by atoms with van der Waals surface area (Å²) in [5, 5.41) is 12.1. The van der Waals surface area contributed by atoms with Gasteiger partial charge in [-0.25, -0.2) is 9.59 Å². The van der Waals surface area contributed by atoms with E-state index in [2.05, 4.69) is 5.32 Å². The first-order valence-corrected chi connectivity index (χ1v) is 6.61. The van der Waals surface area contributed by atoms with Crippen LogP contribution in [0, 0.1) is 0 Å². The number of carboxylic acids is 1. The molecule has 0 spiro atoms. The summed E-state index contributed by atoms with van der Waals surface area (Å²) in [7, 11) is 0. The predicted octanol–water partition coefficient (Wildman–Crippen LogP) is 2.13. The molecule has 4 N–H and O–H groups in total. The number of rotatable bonds is 2. The molecule has 1 aliphatic rings. The molecule has 2 rings (SSSR count). The normalized spacial score (nSPS) is 22.4. The molecule has 108 valence electrons. The van der Waals surface area contributed by atoms with Crippen LogP contribution >= 0.6 is 0 Å². The molecule has 1 saturated heterocycles. The first-order valence-electron chi connectivity index (χ1n) is 6.61. The Bertz CT molecular complexity index is 532. The number of nitrogens with zero attached hydrogens (tertiary/aromatic N) is 1. The number of aliphatic carboxylic acids is 1. The smallest absolute Gasteiger partial charge is 0.329 e. The van der Waals surface area contributed by atoms with E-state index in [-0.39, 0.29) is 0 Å². The van der Waals surface area contributed by atoms with Gasteiger partial charge in [0.15, 0.2) is 0 Å². The van der Waals surface area contributed by atoms with Gasteiger partial charge in [0.25, 0.3) is 0 Å². The molecule has 2 amide bonds. The van der Waals surface area contributed by atoms with Gasteiger partial charge in [-0.1, -0.05) is 12.1 Å². The molecule has 6 nitrogen and oxygen atoms in total. The summed E-state index contributed by atoms with van der Waals surface area (Å²) in [6.45, 7) is 2.02. The Morgan fingerprint density at radius 2 is 2.05 bits per heavy atom. The molecule has 1 unspecified atom stereocenters. The Labute approximate surface area is 117 Å². The highest BCUT2D eigenvalue weighted by molar-refractivity contribution is 5.96. The highest BCUT2D eigenvalue weighted by Crippen LogP contribution is 2.29. The van der Waals surface area contributed by atoms with Crippen molar-refractivity contribution in [3.63, 3.8) is 0 Å². The molecule has 1 heterocycles. The van der Waals surface area contributed by atoms with Gasteiger partial charge in [0.1, 0.15) is 5.54 Å². The van der Waals surface area contributed by atoms with Gasteiger partial charge in [0, 0.05) is 6.54 Å². The van der Waals surface area contributed by atoms with E-state index in [4.69, 9.17) is 5.73 Å². The van der Waals surface area contributed by atoms with Gasteiger partial charge in [0.2, 0.25) is 0 Å². The molecule has 0 aliphatic carbocycles. The number of anilines is 2. The van der Waals surface area contributed by atoms with Gasteiger partial charge < -0.3 is 21.1 Å². The minimum absolute atomic E-state index is 0.424. The molecule has 1 aromatic carbocycles. The maximum absolute atomic E-state index is 12.3. The molecular weight excluding hydrogens is 258 g/mol. The van der Waals surface area contributed by atoms with Gasteiger partial charge >= 0.3 is 12.0 Å². The maximum atomic E-state index is 12.3. The molecule has 20 heavy (non-hydrogen) atoms. The van der Waals surface area contributed by atoms with Crippen molar-refractivity contribution < 1.29 is 14.7 Å². The average Bonchev–Trinajstić information content (AvgIpc) is 2.41. The highest BCUT2D eigenvalue weighted by atomic mass is 16.4. The van der Waals surface area contributed by atoms with E-state index in [1.54, 1.807) is 31.2 Å². The van der Waals surface area contributed by atoms with Crippen LogP contribution in [-0.2, 0) is 4.79 Å². The van der Waals surface area contributed by atoms with Crippen molar-refractivity contribution in [3.05, 3.63) is 24.3 Å².